The Bertz CT molecular complexity index is 1750. The molecule has 0 saturated carbocycles. The van der Waals surface area contributed by atoms with Crippen LogP contribution in [0.1, 0.15) is 11.1 Å². The first-order valence-corrected chi connectivity index (χ1v) is 11.8. The van der Waals surface area contributed by atoms with Gasteiger partial charge in [0.2, 0.25) is 0 Å². The molecule has 7 rings (SSSR count). The average Bonchev–Trinajstić information content (AvgIpc) is 3.36. The molecule has 0 N–H and O–H groups in total. The molecule has 162 valence electrons. The maximum Gasteiger partial charge on any atom is 0.0541 e. The molecular weight excluding hydrogens is 412 g/mol. The molecule has 0 saturated heterocycles. The zero-order valence-corrected chi connectivity index (χ0v) is 19.3. The number of fused-ring (bicyclic) bond motifs is 6. The smallest absolute Gasteiger partial charge is 0.0541 e. The number of nitrogens with zero attached hydrogens (tertiary/aromatic N) is 2. The third kappa shape index (κ3) is 2.69. The lowest BCUT2D eigenvalue weighted by molar-refractivity contribution is 1.13. The molecule has 0 spiro atoms. The quantitative estimate of drug-likeness (QED) is 0.257. The molecule has 0 fully saturated rings. The van der Waals surface area contributed by atoms with Crippen LogP contribution < -0.4 is 0 Å². The second-order valence-electron chi connectivity index (χ2n) is 9.27. The van der Waals surface area contributed by atoms with Gasteiger partial charge in [-0.25, -0.2) is 0 Å². The van der Waals surface area contributed by atoms with Gasteiger partial charge in [0.05, 0.1) is 22.1 Å². The van der Waals surface area contributed by atoms with Gasteiger partial charge in [0.15, 0.2) is 0 Å². The fourth-order valence-corrected chi connectivity index (χ4v) is 5.50. The lowest BCUT2D eigenvalue weighted by Crippen LogP contribution is -1.98. The SMILES string of the molecule is Cc1ccc2c(c1)c1ccccc1n2-c1cccc(-n2c3ccccc3c3cc(C)ccc32)c1. The standard InChI is InChI=1S/C32H24N2/c1-21-14-16-31-27(18-21)25-10-3-5-12-29(25)33(31)23-8-7-9-24(20-23)34-30-13-6-4-11-26(30)28-19-22(2)15-17-32(28)34/h3-20H,1-2H3. The summed E-state index contributed by atoms with van der Waals surface area (Å²) in [5, 5.41) is 5.18. The van der Waals surface area contributed by atoms with Crippen LogP contribution in [0.25, 0.3) is 55.0 Å². The van der Waals surface area contributed by atoms with Crippen molar-refractivity contribution in [2.45, 2.75) is 13.8 Å². The molecule has 0 aliphatic rings. The highest BCUT2D eigenvalue weighted by Gasteiger charge is 2.15. The molecule has 2 heteroatoms. The summed E-state index contributed by atoms with van der Waals surface area (Å²) in [4.78, 5) is 0. The van der Waals surface area contributed by atoms with Crippen molar-refractivity contribution in [1.82, 2.24) is 9.13 Å². The summed E-state index contributed by atoms with van der Waals surface area (Å²) in [6.07, 6.45) is 0. The van der Waals surface area contributed by atoms with Gasteiger partial charge in [-0.1, -0.05) is 65.7 Å². The van der Waals surface area contributed by atoms with Crippen LogP contribution >= 0.6 is 0 Å². The Balaban J connectivity index is 1.54. The first kappa shape index (κ1) is 19.2. The monoisotopic (exact) mass is 436 g/mol. The Morgan fingerprint density at radius 1 is 0.382 bits per heavy atom. The molecular formula is C32H24N2. The highest BCUT2D eigenvalue weighted by molar-refractivity contribution is 6.10. The topological polar surface area (TPSA) is 9.86 Å². The normalized spacial score (nSPS) is 11.8. The number of para-hydroxylation sites is 2. The van der Waals surface area contributed by atoms with E-state index in [9.17, 15) is 0 Å². The Morgan fingerprint density at radius 2 is 0.824 bits per heavy atom. The van der Waals surface area contributed by atoms with Crippen LogP contribution in [0, 0.1) is 13.8 Å². The molecule has 0 amide bonds. The van der Waals surface area contributed by atoms with Crippen LogP contribution in [0.4, 0.5) is 0 Å². The maximum atomic E-state index is 2.39. The van der Waals surface area contributed by atoms with E-state index in [1.807, 2.05) is 0 Å². The molecule has 5 aromatic carbocycles. The summed E-state index contributed by atoms with van der Waals surface area (Å²) >= 11 is 0. The molecule has 2 aromatic heterocycles. The minimum atomic E-state index is 1.17. The summed E-state index contributed by atoms with van der Waals surface area (Å²) in [5.74, 6) is 0. The van der Waals surface area contributed by atoms with Crippen molar-refractivity contribution in [3.63, 3.8) is 0 Å². The van der Waals surface area contributed by atoms with Crippen LogP contribution in [0.2, 0.25) is 0 Å². The third-order valence-electron chi connectivity index (χ3n) is 7.00. The Hall–Kier alpha value is -4.30. The summed E-state index contributed by atoms with van der Waals surface area (Å²) in [6.45, 7) is 4.33. The molecule has 0 bridgehead atoms. The van der Waals surface area contributed by atoms with Crippen LogP contribution in [-0.4, -0.2) is 9.13 Å². The van der Waals surface area contributed by atoms with E-state index >= 15 is 0 Å². The number of aromatic nitrogens is 2. The third-order valence-corrected chi connectivity index (χ3v) is 7.00. The predicted molar refractivity (Wildman–Crippen MR) is 145 cm³/mol. The number of hydrogen-bond donors (Lipinski definition) is 0. The molecule has 0 aliphatic heterocycles. The van der Waals surface area contributed by atoms with E-state index in [0.717, 1.165) is 0 Å². The minimum Gasteiger partial charge on any atom is -0.309 e. The number of aryl methyl sites for hydroxylation is 2. The molecule has 2 heterocycles. The van der Waals surface area contributed by atoms with Crippen LogP contribution in [-0.2, 0) is 0 Å². The van der Waals surface area contributed by atoms with E-state index < -0.39 is 0 Å². The van der Waals surface area contributed by atoms with Gasteiger partial charge in [-0.15, -0.1) is 0 Å². The van der Waals surface area contributed by atoms with E-state index in [0.29, 0.717) is 0 Å². The van der Waals surface area contributed by atoms with E-state index in [1.54, 1.807) is 0 Å². The highest BCUT2D eigenvalue weighted by atomic mass is 15.0. The number of benzene rings is 5. The van der Waals surface area contributed by atoms with Gasteiger partial charge in [0.25, 0.3) is 0 Å². The first-order chi connectivity index (χ1) is 16.7. The van der Waals surface area contributed by atoms with Crippen LogP contribution in [0.5, 0.6) is 0 Å². The predicted octanol–water partition coefficient (Wildman–Crippen LogP) is 8.50. The lowest BCUT2D eigenvalue weighted by Gasteiger charge is -2.13. The summed E-state index contributed by atoms with van der Waals surface area (Å²) in [5.41, 5.74) is 9.85. The van der Waals surface area contributed by atoms with E-state index in [1.165, 1.54) is 66.1 Å². The number of hydrogen-bond acceptors (Lipinski definition) is 0. The van der Waals surface area contributed by atoms with Crippen molar-refractivity contribution in [3.05, 3.63) is 120 Å². The summed E-state index contributed by atoms with van der Waals surface area (Å²) in [7, 11) is 0. The zero-order chi connectivity index (χ0) is 22.8. The van der Waals surface area contributed by atoms with Gasteiger partial charge < -0.3 is 9.13 Å². The zero-order valence-electron chi connectivity index (χ0n) is 19.3. The van der Waals surface area contributed by atoms with Gasteiger partial charge in [-0.3, -0.25) is 0 Å². The van der Waals surface area contributed by atoms with Crippen molar-refractivity contribution in [3.8, 4) is 11.4 Å². The fraction of sp³-hybridized carbons (Fsp3) is 0.0625. The molecule has 0 atom stereocenters. The molecule has 34 heavy (non-hydrogen) atoms. The fourth-order valence-electron chi connectivity index (χ4n) is 5.50. The van der Waals surface area contributed by atoms with Crippen molar-refractivity contribution in [1.29, 1.82) is 0 Å². The Kier molecular flexibility index (Phi) is 4.01. The van der Waals surface area contributed by atoms with Crippen molar-refractivity contribution < 1.29 is 0 Å². The van der Waals surface area contributed by atoms with Crippen molar-refractivity contribution in [2.75, 3.05) is 0 Å². The molecule has 0 aliphatic carbocycles. The Labute approximate surface area is 198 Å². The van der Waals surface area contributed by atoms with Crippen molar-refractivity contribution >= 4 is 43.6 Å². The average molecular weight is 437 g/mol. The summed E-state index contributed by atoms with van der Waals surface area (Å²) < 4.78 is 4.79. The van der Waals surface area contributed by atoms with Crippen molar-refractivity contribution in [2.24, 2.45) is 0 Å². The molecule has 0 radical (unpaired) electrons. The van der Waals surface area contributed by atoms with Crippen LogP contribution in [0.15, 0.2) is 109 Å². The minimum absolute atomic E-state index is 1.17. The van der Waals surface area contributed by atoms with E-state index in [4.69, 9.17) is 0 Å². The first-order valence-electron chi connectivity index (χ1n) is 11.8. The van der Waals surface area contributed by atoms with Gasteiger partial charge in [-0.2, -0.15) is 0 Å². The van der Waals surface area contributed by atoms with E-state index in [2.05, 4.69) is 132 Å². The van der Waals surface area contributed by atoms with Crippen LogP contribution in [0.3, 0.4) is 0 Å². The maximum absolute atomic E-state index is 2.39. The molecule has 2 nitrogen and oxygen atoms in total. The molecule has 7 aromatic rings. The second-order valence-corrected chi connectivity index (χ2v) is 9.27. The van der Waals surface area contributed by atoms with Gasteiger partial charge in [0, 0.05) is 32.9 Å². The van der Waals surface area contributed by atoms with Gasteiger partial charge in [-0.05, 0) is 68.4 Å². The summed E-state index contributed by atoms with van der Waals surface area (Å²) in [6, 6.07) is 39.9. The van der Waals surface area contributed by atoms with E-state index in [-0.39, 0.29) is 0 Å². The second kappa shape index (κ2) is 7.10. The Morgan fingerprint density at radius 3 is 1.32 bits per heavy atom. The largest absolute Gasteiger partial charge is 0.309 e. The lowest BCUT2D eigenvalue weighted by atomic mass is 10.1. The van der Waals surface area contributed by atoms with Gasteiger partial charge in [0.1, 0.15) is 0 Å². The van der Waals surface area contributed by atoms with Gasteiger partial charge >= 0.3 is 0 Å². The number of rotatable bonds is 2. The highest BCUT2D eigenvalue weighted by Crippen LogP contribution is 2.35. The molecule has 0 unspecified atom stereocenters.